The Morgan fingerprint density at radius 1 is 1.24 bits per heavy atom. The van der Waals surface area contributed by atoms with Crippen LogP contribution in [0, 0.1) is 0 Å². The lowest BCUT2D eigenvalue weighted by Crippen LogP contribution is -2.48. The van der Waals surface area contributed by atoms with Crippen molar-refractivity contribution in [1.29, 1.82) is 0 Å². The average molecular weight is 256 g/mol. The van der Waals surface area contributed by atoms with Crippen molar-refractivity contribution in [2.45, 2.75) is 25.8 Å². The molecule has 3 nitrogen and oxygen atoms in total. The maximum atomic E-state index is 5.95. The highest BCUT2D eigenvalue weighted by atomic mass is 35.5. The van der Waals surface area contributed by atoms with E-state index in [9.17, 15) is 0 Å². The van der Waals surface area contributed by atoms with E-state index in [0.29, 0.717) is 6.04 Å². The van der Waals surface area contributed by atoms with Gasteiger partial charge in [0.15, 0.2) is 0 Å². The minimum Gasteiger partial charge on any atom is -0.371 e. The summed E-state index contributed by atoms with van der Waals surface area (Å²) in [5, 5.41) is 1.97. The van der Waals surface area contributed by atoms with Gasteiger partial charge in [0, 0.05) is 31.4 Å². The Morgan fingerprint density at radius 3 is 2.35 bits per heavy atom. The number of hydrazine groups is 1. The van der Waals surface area contributed by atoms with E-state index >= 15 is 0 Å². The largest absolute Gasteiger partial charge is 0.371 e. The summed E-state index contributed by atoms with van der Waals surface area (Å²) < 4.78 is 0. The van der Waals surface area contributed by atoms with Crippen molar-refractivity contribution in [2.24, 2.45) is 5.84 Å². The van der Waals surface area contributed by atoms with Crippen molar-refractivity contribution in [3.8, 4) is 0 Å². The molecule has 0 radical (unpaired) electrons. The van der Waals surface area contributed by atoms with E-state index < -0.39 is 0 Å². The van der Waals surface area contributed by atoms with Gasteiger partial charge in [-0.15, -0.1) is 12.4 Å². The second kappa shape index (κ2) is 6.84. The molecular formula is C13H22ClN3. The van der Waals surface area contributed by atoms with Gasteiger partial charge in [-0.1, -0.05) is 25.1 Å². The predicted octanol–water partition coefficient (Wildman–Crippen LogP) is 2.27. The summed E-state index contributed by atoms with van der Waals surface area (Å²) in [5.41, 5.74) is 1.33. The molecule has 1 aliphatic rings. The van der Waals surface area contributed by atoms with Crippen LogP contribution in [-0.2, 0) is 0 Å². The molecule has 0 aromatic heterocycles. The Balaban J connectivity index is 0.00000144. The number of hydrogen-bond donors (Lipinski definition) is 1. The normalized spacial score (nSPS) is 17.0. The zero-order chi connectivity index (χ0) is 11.4. The Morgan fingerprint density at radius 2 is 1.82 bits per heavy atom. The van der Waals surface area contributed by atoms with Gasteiger partial charge in [-0.3, -0.25) is 5.84 Å². The number of anilines is 1. The van der Waals surface area contributed by atoms with Gasteiger partial charge in [0.1, 0.15) is 0 Å². The molecule has 4 heteroatoms. The first-order valence-corrected chi connectivity index (χ1v) is 6.12. The fourth-order valence-corrected chi connectivity index (χ4v) is 2.35. The standard InChI is InChI=1S/C13H21N3.ClH/c1-2-16(14)13-8-10-15(11-9-13)12-6-4-3-5-7-12;/h3-7,13H,2,8-11,14H2,1H3;1H. The first kappa shape index (κ1) is 14.3. The van der Waals surface area contributed by atoms with E-state index in [1.807, 2.05) is 5.01 Å². The third kappa shape index (κ3) is 3.60. The van der Waals surface area contributed by atoms with Crippen LogP contribution < -0.4 is 10.7 Å². The highest BCUT2D eigenvalue weighted by molar-refractivity contribution is 5.85. The fourth-order valence-electron chi connectivity index (χ4n) is 2.35. The van der Waals surface area contributed by atoms with Crippen molar-refractivity contribution in [3.63, 3.8) is 0 Å². The van der Waals surface area contributed by atoms with Gasteiger partial charge in [-0.25, -0.2) is 5.01 Å². The summed E-state index contributed by atoms with van der Waals surface area (Å²) in [4.78, 5) is 2.44. The molecule has 1 saturated heterocycles. The van der Waals surface area contributed by atoms with Crippen LogP contribution in [0.5, 0.6) is 0 Å². The summed E-state index contributed by atoms with van der Waals surface area (Å²) in [6.07, 6.45) is 2.33. The smallest absolute Gasteiger partial charge is 0.0366 e. The van der Waals surface area contributed by atoms with Gasteiger partial charge < -0.3 is 4.90 Å². The second-order valence-electron chi connectivity index (χ2n) is 4.38. The van der Waals surface area contributed by atoms with Crippen molar-refractivity contribution < 1.29 is 0 Å². The molecule has 0 aliphatic carbocycles. The fraction of sp³-hybridized carbons (Fsp3) is 0.538. The summed E-state index contributed by atoms with van der Waals surface area (Å²) in [6.45, 7) is 5.28. The zero-order valence-corrected chi connectivity index (χ0v) is 11.2. The number of halogens is 1. The Hall–Kier alpha value is -0.770. The maximum Gasteiger partial charge on any atom is 0.0366 e. The van der Waals surface area contributed by atoms with E-state index in [1.165, 1.54) is 18.5 Å². The topological polar surface area (TPSA) is 32.5 Å². The molecule has 96 valence electrons. The number of benzene rings is 1. The molecule has 0 atom stereocenters. The third-order valence-corrected chi connectivity index (χ3v) is 3.42. The van der Waals surface area contributed by atoms with E-state index in [4.69, 9.17) is 5.84 Å². The lowest BCUT2D eigenvalue weighted by atomic mass is 10.0. The molecule has 1 aliphatic heterocycles. The van der Waals surface area contributed by atoms with Crippen molar-refractivity contribution >= 4 is 18.1 Å². The second-order valence-corrected chi connectivity index (χ2v) is 4.38. The molecule has 2 N–H and O–H groups in total. The molecule has 1 fully saturated rings. The lowest BCUT2D eigenvalue weighted by molar-refractivity contribution is 0.181. The summed E-state index contributed by atoms with van der Waals surface area (Å²) >= 11 is 0. The SMILES string of the molecule is CCN(N)C1CCN(c2ccccc2)CC1.Cl. The number of para-hydroxylation sites is 1. The molecule has 0 saturated carbocycles. The van der Waals surface area contributed by atoms with Crippen LogP contribution in [-0.4, -0.2) is 30.7 Å². The summed E-state index contributed by atoms with van der Waals surface area (Å²) in [6, 6.07) is 11.2. The van der Waals surface area contributed by atoms with Crippen LogP contribution in [0.2, 0.25) is 0 Å². The van der Waals surface area contributed by atoms with Crippen LogP contribution in [0.25, 0.3) is 0 Å². The summed E-state index contributed by atoms with van der Waals surface area (Å²) in [7, 11) is 0. The number of nitrogens with zero attached hydrogens (tertiary/aromatic N) is 2. The highest BCUT2D eigenvalue weighted by Gasteiger charge is 2.21. The molecule has 1 heterocycles. The molecule has 0 unspecified atom stereocenters. The number of rotatable bonds is 3. The number of hydrogen-bond acceptors (Lipinski definition) is 3. The molecule has 17 heavy (non-hydrogen) atoms. The van der Waals surface area contributed by atoms with Crippen LogP contribution in [0.1, 0.15) is 19.8 Å². The van der Waals surface area contributed by atoms with E-state index in [0.717, 1.165) is 19.6 Å². The van der Waals surface area contributed by atoms with Gasteiger partial charge in [0.25, 0.3) is 0 Å². The Bertz CT molecular complexity index is 310. The molecule has 0 amide bonds. The third-order valence-electron chi connectivity index (χ3n) is 3.42. The maximum absolute atomic E-state index is 5.95. The van der Waals surface area contributed by atoms with Gasteiger partial charge in [0.05, 0.1) is 0 Å². The Labute approximate surface area is 110 Å². The van der Waals surface area contributed by atoms with E-state index in [1.54, 1.807) is 0 Å². The first-order chi connectivity index (χ1) is 7.81. The minimum absolute atomic E-state index is 0. The molecule has 0 bridgehead atoms. The molecule has 1 aromatic carbocycles. The van der Waals surface area contributed by atoms with Gasteiger partial charge >= 0.3 is 0 Å². The monoisotopic (exact) mass is 255 g/mol. The number of piperidine rings is 1. The summed E-state index contributed by atoms with van der Waals surface area (Å²) in [5.74, 6) is 5.95. The minimum atomic E-state index is 0. The van der Waals surface area contributed by atoms with Gasteiger partial charge in [0.2, 0.25) is 0 Å². The Kier molecular flexibility index (Phi) is 5.75. The van der Waals surface area contributed by atoms with Crippen molar-refractivity contribution in [1.82, 2.24) is 5.01 Å². The van der Waals surface area contributed by atoms with Crippen LogP contribution in [0.4, 0.5) is 5.69 Å². The quantitative estimate of drug-likeness (QED) is 0.664. The van der Waals surface area contributed by atoms with E-state index in [2.05, 4.69) is 42.2 Å². The average Bonchev–Trinajstić information content (AvgIpc) is 2.39. The predicted molar refractivity (Wildman–Crippen MR) is 75.5 cm³/mol. The first-order valence-electron chi connectivity index (χ1n) is 6.12. The molecular weight excluding hydrogens is 234 g/mol. The number of nitrogens with two attached hydrogens (primary N) is 1. The van der Waals surface area contributed by atoms with E-state index in [-0.39, 0.29) is 12.4 Å². The van der Waals surface area contributed by atoms with Crippen molar-refractivity contribution in [3.05, 3.63) is 30.3 Å². The lowest BCUT2D eigenvalue weighted by Gasteiger charge is -2.37. The van der Waals surface area contributed by atoms with Crippen LogP contribution in [0.3, 0.4) is 0 Å². The zero-order valence-electron chi connectivity index (χ0n) is 10.4. The molecule has 2 rings (SSSR count). The van der Waals surface area contributed by atoms with Crippen molar-refractivity contribution in [2.75, 3.05) is 24.5 Å². The molecule has 0 spiro atoms. The van der Waals surface area contributed by atoms with Crippen LogP contribution in [0.15, 0.2) is 30.3 Å². The van der Waals surface area contributed by atoms with Gasteiger partial charge in [-0.05, 0) is 25.0 Å². The highest BCUT2D eigenvalue weighted by Crippen LogP contribution is 2.20. The van der Waals surface area contributed by atoms with Crippen LogP contribution >= 0.6 is 12.4 Å². The molecule has 1 aromatic rings. The van der Waals surface area contributed by atoms with Gasteiger partial charge in [-0.2, -0.15) is 0 Å².